The molecule has 94 valence electrons. The number of hydrogen-bond donors (Lipinski definition) is 1. The van der Waals surface area contributed by atoms with Crippen LogP contribution in [-0.4, -0.2) is 30.2 Å². The van der Waals surface area contributed by atoms with Crippen molar-refractivity contribution in [3.05, 3.63) is 0 Å². The van der Waals surface area contributed by atoms with Crippen molar-refractivity contribution in [2.45, 2.75) is 51.6 Å². The molecular formula is C13H24O3. The summed E-state index contributed by atoms with van der Waals surface area (Å²) in [5, 5.41) is 10.3. The Labute approximate surface area is 98.2 Å². The maximum Gasteiger partial charge on any atom is 0.167 e. The number of carbonyl (C=O) groups is 1. The molecule has 1 saturated carbocycles. The Morgan fingerprint density at radius 1 is 1.50 bits per heavy atom. The van der Waals surface area contributed by atoms with Crippen molar-refractivity contribution in [3.63, 3.8) is 0 Å². The van der Waals surface area contributed by atoms with Crippen LogP contribution in [-0.2, 0) is 9.53 Å². The first kappa shape index (κ1) is 13.7. The van der Waals surface area contributed by atoms with Gasteiger partial charge < -0.3 is 9.84 Å². The molecule has 1 rings (SSSR count). The summed E-state index contributed by atoms with van der Waals surface area (Å²) in [5.74, 6) is 0.553. The Morgan fingerprint density at radius 2 is 2.06 bits per heavy atom. The fourth-order valence-electron chi connectivity index (χ4n) is 2.37. The van der Waals surface area contributed by atoms with E-state index >= 15 is 0 Å². The number of Topliss-reactive ketones (excluding diaryl/α,β-unsaturated/α-hetero) is 1. The maximum absolute atomic E-state index is 12.1. The Bertz CT molecular complexity index is 229. The van der Waals surface area contributed by atoms with Crippen LogP contribution in [0.4, 0.5) is 0 Å². The van der Waals surface area contributed by atoms with Crippen molar-refractivity contribution in [2.75, 3.05) is 13.7 Å². The van der Waals surface area contributed by atoms with Crippen LogP contribution >= 0.6 is 0 Å². The van der Waals surface area contributed by atoms with E-state index in [1.54, 1.807) is 7.11 Å². The monoisotopic (exact) mass is 228 g/mol. The molecule has 0 aromatic rings. The van der Waals surface area contributed by atoms with E-state index in [-0.39, 0.29) is 11.7 Å². The molecule has 1 aliphatic rings. The Balaban J connectivity index is 2.51. The number of aliphatic hydroxyl groups is 1. The molecule has 0 aromatic heterocycles. The smallest absolute Gasteiger partial charge is 0.167 e. The Kier molecular flexibility index (Phi) is 4.93. The lowest BCUT2D eigenvalue weighted by molar-refractivity contribution is -0.145. The second-order valence-electron chi connectivity index (χ2n) is 5.26. The molecule has 0 radical (unpaired) electrons. The van der Waals surface area contributed by atoms with Gasteiger partial charge in [-0.2, -0.15) is 0 Å². The predicted molar refractivity (Wildman–Crippen MR) is 63.2 cm³/mol. The predicted octanol–water partition coefficient (Wildman–Crippen LogP) is 2.17. The molecule has 0 aliphatic heterocycles. The summed E-state index contributed by atoms with van der Waals surface area (Å²) < 4.78 is 4.97. The fraction of sp³-hybridized carbons (Fsp3) is 0.923. The summed E-state index contributed by atoms with van der Waals surface area (Å²) in [7, 11) is 1.63. The summed E-state index contributed by atoms with van der Waals surface area (Å²) in [6, 6.07) is 0. The van der Waals surface area contributed by atoms with Gasteiger partial charge in [-0.15, -0.1) is 0 Å². The summed E-state index contributed by atoms with van der Waals surface area (Å²) in [4.78, 5) is 12.1. The Morgan fingerprint density at radius 3 is 2.56 bits per heavy atom. The molecule has 0 heterocycles. The van der Waals surface area contributed by atoms with Crippen molar-refractivity contribution < 1.29 is 14.6 Å². The lowest BCUT2D eigenvalue weighted by Gasteiger charge is -2.35. The third-order valence-electron chi connectivity index (χ3n) is 3.76. The van der Waals surface area contributed by atoms with E-state index in [0.29, 0.717) is 31.8 Å². The highest BCUT2D eigenvalue weighted by Crippen LogP contribution is 2.34. The van der Waals surface area contributed by atoms with Gasteiger partial charge in [0.2, 0.25) is 0 Å². The summed E-state index contributed by atoms with van der Waals surface area (Å²) in [6.45, 7) is 4.65. The largest absolute Gasteiger partial charge is 0.385 e. The van der Waals surface area contributed by atoms with E-state index in [2.05, 4.69) is 6.92 Å². The number of rotatable bonds is 5. The molecule has 0 bridgehead atoms. The van der Waals surface area contributed by atoms with Crippen molar-refractivity contribution in [1.29, 1.82) is 0 Å². The first-order valence-electron chi connectivity index (χ1n) is 6.25. The van der Waals surface area contributed by atoms with Crippen molar-refractivity contribution in [2.24, 2.45) is 11.8 Å². The van der Waals surface area contributed by atoms with Gasteiger partial charge in [-0.05, 0) is 38.0 Å². The molecule has 1 unspecified atom stereocenters. The van der Waals surface area contributed by atoms with Crippen LogP contribution < -0.4 is 0 Å². The number of ketones is 1. The molecule has 1 N–H and O–H groups in total. The number of ether oxygens (including phenoxy) is 1. The zero-order valence-electron chi connectivity index (χ0n) is 10.7. The van der Waals surface area contributed by atoms with Gasteiger partial charge >= 0.3 is 0 Å². The van der Waals surface area contributed by atoms with Gasteiger partial charge in [0.15, 0.2) is 5.78 Å². The molecule has 1 fully saturated rings. The molecule has 0 spiro atoms. The lowest BCUT2D eigenvalue weighted by atomic mass is 9.74. The first-order chi connectivity index (χ1) is 7.49. The highest BCUT2D eigenvalue weighted by atomic mass is 16.5. The second kappa shape index (κ2) is 5.78. The second-order valence-corrected chi connectivity index (χ2v) is 5.26. The number of hydrogen-bond acceptors (Lipinski definition) is 3. The highest BCUT2D eigenvalue weighted by Gasteiger charge is 2.40. The third kappa shape index (κ3) is 3.29. The molecule has 3 nitrogen and oxygen atoms in total. The minimum Gasteiger partial charge on any atom is -0.385 e. The molecule has 0 aromatic carbocycles. The molecule has 0 amide bonds. The van der Waals surface area contributed by atoms with Gasteiger partial charge in [-0.3, -0.25) is 4.79 Å². The fourth-order valence-corrected chi connectivity index (χ4v) is 2.37. The molecule has 3 heteroatoms. The van der Waals surface area contributed by atoms with E-state index in [1.807, 2.05) is 6.92 Å². The third-order valence-corrected chi connectivity index (χ3v) is 3.76. The average molecular weight is 228 g/mol. The van der Waals surface area contributed by atoms with Gasteiger partial charge in [0.05, 0.1) is 0 Å². The van der Waals surface area contributed by atoms with Gasteiger partial charge in [-0.25, -0.2) is 0 Å². The van der Waals surface area contributed by atoms with E-state index in [4.69, 9.17) is 4.74 Å². The first-order valence-corrected chi connectivity index (χ1v) is 6.25. The zero-order valence-corrected chi connectivity index (χ0v) is 10.7. The molecule has 1 atom stereocenters. The topological polar surface area (TPSA) is 46.5 Å². The average Bonchev–Trinajstić information content (AvgIpc) is 2.29. The minimum absolute atomic E-state index is 0.0106. The Hall–Kier alpha value is -0.410. The van der Waals surface area contributed by atoms with Gasteiger partial charge in [0.25, 0.3) is 0 Å². The van der Waals surface area contributed by atoms with Crippen molar-refractivity contribution in [3.8, 4) is 0 Å². The van der Waals surface area contributed by atoms with E-state index < -0.39 is 5.60 Å². The summed E-state index contributed by atoms with van der Waals surface area (Å²) in [6.07, 6.45) is 3.88. The number of methoxy groups -OCH3 is 1. The van der Waals surface area contributed by atoms with Crippen LogP contribution in [0.15, 0.2) is 0 Å². The molecule has 16 heavy (non-hydrogen) atoms. The SMILES string of the molecule is COCCC(C)C(=O)C1(O)CCC(C)CC1. The number of carbonyl (C=O) groups excluding carboxylic acids is 1. The summed E-state index contributed by atoms with van der Waals surface area (Å²) in [5.41, 5.74) is -1.06. The molecule has 0 saturated heterocycles. The molecule has 1 aliphatic carbocycles. The summed E-state index contributed by atoms with van der Waals surface area (Å²) >= 11 is 0. The van der Waals surface area contributed by atoms with Crippen LogP contribution in [0.3, 0.4) is 0 Å². The van der Waals surface area contributed by atoms with Crippen LogP contribution in [0.5, 0.6) is 0 Å². The van der Waals surface area contributed by atoms with Gasteiger partial charge in [0, 0.05) is 19.6 Å². The standard InChI is InChI=1S/C13H24O3/c1-10-4-7-13(15,8-5-10)12(14)11(2)6-9-16-3/h10-11,15H,4-9H2,1-3H3. The van der Waals surface area contributed by atoms with E-state index in [9.17, 15) is 9.90 Å². The normalized spacial score (nSPS) is 32.4. The van der Waals surface area contributed by atoms with E-state index in [0.717, 1.165) is 12.8 Å². The van der Waals surface area contributed by atoms with Crippen molar-refractivity contribution in [1.82, 2.24) is 0 Å². The zero-order chi connectivity index (χ0) is 12.2. The van der Waals surface area contributed by atoms with Crippen LogP contribution in [0, 0.1) is 11.8 Å². The maximum atomic E-state index is 12.1. The van der Waals surface area contributed by atoms with Crippen LogP contribution in [0.2, 0.25) is 0 Å². The highest BCUT2D eigenvalue weighted by molar-refractivity contribution is 5.89. The van der Waals surface area contributed by atoms with Gasteiger partial charge in [-0.1, -0.05) is 13.8 Å². The molecular weight excluding hydrogens is 204 g/mol. The quantitative estimate of drug-likeness (QED) is 0.784. The van der Waals surface area contributed by atoms with Crippen molar-refractivity contribution >= 4 is 5.78 Å². The van der Waals surface area contributed by atoms with E-state index in [1.165, 1.54) is 0 Å². The van der Waals surface area contributed by atoms with Crippen LogP contribution in [0.25, 0.3) is 0 Å². The minimum atomic E-state index is -1.06. The lowest BCUT2D eigenvalue weighted by Crippen LogP contribution is -2.44. The van der Waals surface area contributed by atoms with Crippen LogP contribution in [0.1, 0.15) is 46.0 Å². The van der Waals surface area contributed by atoms with Gasteiger partial charge in [0.1, 0.15) is 5.60 Å².